The number of piperidine rings is 1. The van der Waals surface area contributed by atoms with E-state index in [0.29, 0.717) is 35.5 Å². The van der Waals surface area contributed by atoms with Gasteiger partial charge in [-0.25, -0.2) is 19.7 Å². The molecule has 2 aromatic heterocycles. The van der Waals surface area contributed by atoms with Crippen LogP contribution in [-0.2, 0) is 9.47 Å². The number of nitrogens with zero attached hydrogens (tertiary/aromatic N) is 6. The van der Waals surface area contributed by atoms with Gasteiger partial charge < -0.3 is 14.6 Å². The molecular formula is C27H33ClN6O4. The Morgan fingerprint density at radius 1 is 1.24 bits per heavy atom. The Bertz CT molecular complexity index is 1370. The van der Waals surface area contributed by atoms with Crippen LogP contribution in [0.5, 0.6) is 0 Å². The highest BCUT2D eigenvalue weighted by Gasteiger charge is 2.46. The molecule has 0 radical (unpaired) electrons. The van der Waals surface area contributed by atoms with E-state index in [-0.39, 0.29) is 23.5 Å². The maximum Gasteiger partial charge on any atom is 0.419 e. The fraction of sp³-hybridized carbons (Fsp3) is 0.556. The van der Waals surface area contributed by atoms with Crippen LogP contribution in [0.4, 0.5) is 16.4 Å². The number of carbonyl (C=O) groups is 1. The Morgan fingerprint density at radius 2 is 2.00 bits per heavy atom. The quantitative estimate of drug-likeness (QED) is 0.469. The lowest BCUT2D eigenvalue weighted by Gasteiger charge is -2.44. The average molecular weight is 541 g/mol. The van der Waals surface area contributed by atoms with Crippen LogP contribution in [-0.4, -0.2) is 80.9 Å². The predicted octanol–water partition coefficient (Wildman–Crippen LogP) is 4.92. The predicted molar refractivity (Wildman–Crippen MR) is 144 cm³/mol. The topological polar surface area (TPSA) is 106 Å². The second-order valence-electron chi connectivity index (χ2n) is 10.9. The largest absolute Gasteiger partial charge is 0.464 e. The van der Waals surface area contributed by atoms with Crippen molar-refractivity contribution in [2.24, 2.45) is 0 Å². The third-order valence-corrected chi connectivity index (χ3v) is 8.86. The summed E-state index contributed by atoms with van der Waals surface area (Å²) in [7, 11) is 1.75. The molecule has 11 heteroatoms. The van der Waals surface area contributed by atoms with Gasteiger partial charge in [0.2, 0.25) is 5.95 Å². The lowest BCUT2D eigenvalue weighted by atomic mass is 9.85. The van der Waals surface area contributed by atoms with Gasteiger partial charge in [0.05, 0.1) is 47.9 Å². The smallest absolute Gasteiger partial charge is 0.419 e. The number of fused-ring (bicyclic) bond motifs is 1. The van der Waals surface area contributed by atoms with E-state index in [1.54, 1.807) is 19.5 Å². The second kappa shape index (κ2) is 9.75. The van der Waals surface area contributed by atoms with Crippen LogP contribution in [0.25, 0.3) is 10.9 Å². The molecule has 3 aliphatic rings. The Morgan fingerprint density at radius 3 is 2.68 bits per heavy atom. The first-order chi connectivity index (χ1) is 18.3. The summed E-state index contributed by atoms with van der Waals surface area (Å²) in [6.07, 6.45) is 6.16. The van der Waals surface area contributed by atoms with Crippen molar-refractivity contribution >= 4 is 40.2 Å². The maximum atomic E-state index is 12.3. The van der Waals surface area contributed by atoms with E-state index < -0.39 is 6.09 Å². The molecule has 2 saturated heterocycles. The molecule has 38 heavy (non-hydrogen) atoms. The number of hydrogen-bond acceptors (Lipinski definition) is 7. The standard InChI is InChI=1S/C27H33ClN6O4/c1-16-23(13-30-34(16)19-4-5-19)33(26(35)36)25-29-12-18-10-21(28)20(11-22(18)31-25)17-6-8-32(9-7-17)27(2)15-38-14-24(27)37-3/h10-13,17,19,24H,4-9,14-15H2,1-3H3,(H,35,36). The molecular weight excluding hydrogens is 508 g/mol. The average Bonchev–Trinajstić information content (AvgIpc) is 3.58. The monoisotopic (exact) mass is 540 g/mol. The number of aromatic nitrogens is 4. The van der Waals surface area contributed by atoms with Gasteiger partial charge in [0.25, 0.3) is 0 Å². The lowest BCUT2D eigenvalue weighted by molar-refractivity contribution is -0.0242. The van der Waals surface area contributed by atoms with Crippen molar-refractivity contribution in [1.29, 1.82) is 0 Å². The van der Waals surface area contributed by atoms with Crippen molar-refractivity contribution in [2.75, 3.05) is 38.3 Å². The Kier molecular flexibility index (Phi) is 6.54. The minimum absolute atomic E-state index is 0.0654. The number of amides is 1. The molecule has 6 rings (SSSR count). The van der Waals surface area contributed by atoms with Gasteiger partial charge in [-0.15, -0.1) is 0 Å². The highest BCUT2D eigenvalue weighted by atomic mass is 35.5. The summed E-state index contributed by atoms with van der Waals surface area (Å²) in [6, 6.07) is 4.23. The Labute approximate surface area is 226 Å². The van der Waals surface area contributed by atoms with E-state index in [1.165, 1.54) is 0 Å². The number of likely N-dealkylation sites (tertiary alicyclic amines) is 1. The molecule has 1 saturated carbocycles. The van der Waals surface area contributed by atoms with Crippen LogP contribution in [0.3, 0.4) is 0 Å². The van der Waals surface area contributed by atoms with E-state index in [1.807, 2.05) is 23.7 Å². The van der Waals surface area contributed by atoms with E-state index in [9.17, 15) is 9.90 Å². The highest BCUT2D eigenvalue weighted by Crippen LogP contribution is 2.40. The zero-order chi connectivity index (χ0) is 26.6. The number of rotatable bonds is 6. The number of carboxylic acid groups (broad SMARTS) is 1. The van der Waals surface area contributed by atoms with E-state index >= 15 is 0 Å². The normalized spacial score (nSPS) is 24.8. The van der Waals surface area contributed by atoms with Gasteiger partial charge >= 0.3 is 6.09 Å². The number of methoxy groups -OCH3 is 1. The summed E-state index contributed by atoms with van der Waals surface area (Å²) >= 11 is 6.76. The van der Waals surface area contributed by atoms with Crippen LogP contribution >= 0.6 is 11.6 Å². The molecule has 1 aliphatic carbocycles. The molecule has 2 aliphatic heterocycles. The third-order valence-electron chi connectivity index (χ3n) is 8.53. The highest BCUT2D eigenvalue weighted by molar-refractivity contribution is 6.32. The fourth-order valence-corrected chi connectivity index (χ4v) is 6.39. The number of benzene rings is 1. The van der Waals surface area contributed by atoms with E-state index in [0.717, 1.165) is 60.3 Å². The van der Waals surface area contributed by atoms with Crippen molar-refractivity contribution in [3.63, 3.8) is 0 Å². The zero-order valence-electron chi connectivity index (χ0n) is 21.9. The molecule has 0 spiro atoms. The lowest BCUT2D eigenvalue weighted by Crippen LogP contribution is -2.57. The van der Waals surface area contributed by atoms with Gasteiger partial charge in [0.1, 0.15) is 6.10 Å². The fourth-order valence-electron chi connectivity index (χ4n) is 6.06. The molecule has 1 amide bonds. The van der Waals surface area contributed by atoms with Crippen molar-refractivity contribution in [3.05, 3.63) is 40.8 Å². The second-order valence-corrected chi connectivity index (χ2v) is 11.3. The third kappa shape index (κ3) is 4.33. The molecule has 2 atom stereocenters. The summed E-state index contributed by atoms with van der Waals surface area (Å²) < 4.78 is 13.3. The van der Waals surface area contributed by atoms with E-state index in [2.05, 4.69) is 26.9 Å². The summed E-state index contributed by atoms with van der Waals surface area (Å²) in [5.74, 6) is 0.384. The molecule has 10 nitrogen and oxygen atoms in total. The van der Waals surface area contributed by atoms with Crippen molar-refractivity contribution in [2.45, 2.75) is 63.1 Å². The van der Waals surface area contributed by atoms with E-state index in [4.69, 9.17) is 21.1 Å². The van der Waals surface area contributed by atoms with Crippen LogP contribution < -0.4 is 4.90 Å². The van der Waals surface area contributed by atoms with Gasteiger partial charge in [-0.2, -0.15) is 5.10 Å². The molecule has 1 aromatic carbocycles. The number of halogens is 1. The number of hydrogen-bond donors (Lipinski definition) is 1. The van der Waals surface area contributed by atoms with Crippen LogP contribution in [0.1, 0.15) is 55.8 Å². The van der Waals surface area contributed by atoms with Crippen LogP contribution in [0.2, 0.25) is 5.02 Å². The summed E-state index contributed by atoms with van der Waals surface area (Å²) in [6.45, 7) is 7.25. The molecule has 3 aromatic rings. The first kappa shape index (κ1) is 25.5. The molecule has 0 bridgehead atoms. The van der Waals surface area contributed by atoms with Crippen molar-refractivity contribution < 1.29 is 19.4 Å². The summed E-state index contributed by atoms with van der Waals surface area (Å²) in [4.78, 5) is 25.0. The van der Waals surface area contributed by atoms with Crippen LogP contribution in [0.15, 0.2) is 24.5 Å². The molecule has 202 valence electrons. The number of ether oxygens (including phenoxy) is 2. The SMILES string of the molecule is COC1COCC1(C)N1CCC(c2cc3nc(N(C(=O)O)c4cnn(C5CC5)c4C)ncc3cc2Cl)CC1. The van der Waals surface area contributed by atoms with Gasteiger partial charge in [-0.1, -0.05) is 11.6 Å². The molecule has 3 fully saturated rings. The molecule has 4 heterocycles. The van der Waals surface area contributed by atoms with Crippen molar-refractivity contribution in [3.8, 4) is 0 Å². The first-order valence-corrected chi connectivity index (χ1v) is 13.6. The van der Waals surface area contributed by atoms with Gasteiger partial charge in [-0.05, 0) is 76.2 Å². The minimum atomic E-state index is -1.15. The molecule has 2 unspecified atom stereocenters. The summed E-state index contributed by atoms with van der Waals surface area (Å²) in [5, 5.41) is 16.0. The van der Waals surface area contributed by atoms with Gasteiger partial charge in [0.15, 0.2) is 0 Å². The molecule has 1 N–H and O–H groups in total. The first-order valence-electron chi connectivity index (χ1n) is 13.2. The minimum Gasteiger partial charge on any atom is -0.464 e. The zero-order valence-corrected chi connectivity index (χ0v) is 22.7. The summed E-state index contributed by atoms with van der Waals surface area (Å²) in [5.41, 5.74) is 2.86. The maximum absolute atomic E-state index is 12.3. The number of anilines is 2. The van der Waals surface area contributed by atoms with Gasteiger partial charge in [-0.3, -0.25) is 9.58 Å². The van der Waals surface area contributed by atoms with Crippen molar-refractivity contribution in [1.82, 2.24) is 24.6 Å². The Balaban J connectivity index is 1.27. The van der Waals surface area contributed by atoms with Crippen LogP contribution in [0, 0.1) is 6.92 Å². The van der Waals surface area contributed by atoms with Gasteiger partial charge in [0, 0.05) is 23.7 Å². The Hall–Kier alpha value is -2.79.